The summed E-state index contributed by atoms with van der Waals surface area (Å²) in [6, 6.07) is 1.79. The topological polar surface area (TPSA) is 56.9 Å². The van der Waals surface area contributed by atoms with Crippen LogP contribution in [0.4, 0.5) is 0 Å². The summed E-state index contributed by atoms with van der Waals surface area (Å²) in [4.78, 5) is 9.67. The van der Waals surface area contributed by atoms with E-state index in [1.807, 2.05) is 0 Å². The highest BCUT2D eigenvalue weighted by Gasteiger charge is 2.24. The Bertz CT molecular complexity index is 357. The van der Waals surface area contributed by atoms with Gasteiger partial charge in [-0.1, -0.05) is 13.3 Å². The van der Waals surface area contributed by atoms with E-state index in [4.69, 9.17) is 5.73 Å². The molecule has 0 bridgehead atoms. The molecule has 3 atom stereocenters. The van der Waals surface area contributed by atoms with Crippen molar-refractivity contribution in [2.45, 2.75) is 71.0 Å². The Hall–Kier alpha value is -0.810. The molecule has 3 unspecified atom stereocenters. The van der Waals surface area contributed by atoms with Crippen molar-refractivity contribution < 1.29 is 0 Å². The van der Waals surface area contributed by atoms with Gasteiger partial charge < -0.3 is 11.1 Å². The molecule has 0 aromatic rings. The highest BCUT2D eigenvalue weighted by Crippen LogP contribution is 2.19. The molecular formula is C17H35N5. The van der Waals surface area contributed by atoms with Gasteiger partial charge in [0.2, 0.25) is 0 Å². The summed E-state index contributed by atoms with van der Waals surface area (Å²) in [7, 11) is 0. The zero-order valence-electron chi connectivity index (χ0n) is 14.7. The van der Waals surface area contributed by atoms with Crippen LogP contribution in [0.25, 0.3) is 0 Å². The van der Waals surface area contributed by atoms with E-state index in [2.05, 4.69) is 40.9 Å². The number of nitrogens with zero attached hydrogens (tertiary/aromatic N) is 3. The quantitative estimate of drug-likeness (QED) is 0.578. The Morgan fingerprint density at radius 2 is 2.09 bits per heavy atom. The first-order valence-corrected chi connectivity index (χ1v) is 9.15. The Kier molecular flexibility index (Phi) is 6.96. The predicted molar refractivity (Wildman–Crippen MR) is 94.2 cm³/mol. The fourth-order valence-corrected chi connectivity index (χ4v) is 3.93. The van der Waals surface area contributed by atoms with Gasteiger partial charge in [0.25, 0.3) is 0 Å². The number of aliphatic imine (C=N–C) groups is 1. The molecule has 2 aliphatic rings. The lowest BCUT2D eigenvalue weighted by Crippen LogP contribution is -2.46. The van der Waals surface area contributed by atoms with Gasteiger partial charge in [0, 0.05) is 24.7 Å². The molecule has 2 fully saturated rings. The minimum absolute atomic E-state index is 0.481. The molecule has 0 radical (unpaired) electrons. The maximum atomic E-state index is 6.05. The molecule has 128 valence electrons. The summed E-state index contributed by atoms with van der Waals surface area (Å²) >= 11 is 0. The van der Waals surface area contributed by atoms with Crippen molar-refractivity contribution in [3.8, 4) is 0 Å². The summed E-state index contributed by atoms with van der Waals surface area (Å²) < 4.78 is 0. The van der Waals surface area contributed by atoms with E-state index in [9.17, 15) is 0 Å². The van der Waals surface area contributed by atoms with Gasteiger partial charge in [-0.05, 0) is 59.2 Å². The van der Waals surface area contributed by atoms with Gasteiger partial charge in [-0.2, -0.15) is 0 Å². The number of hydrogen-bond donors (Lipinski definition) is 2. The first-order chi connectivity index (χ1) is 10.6. The van der Waals surface area contributed by atoms with Crippen LogP contribution in [-0.2, 0) is 0 Å². The number of hydrogen-bond acceptors (Lipinski definition) is 3. The van der Waals surface area contributed by atoms with Gasteiger partial charge in [0.05, 0.1) is 6.54 Å². The molecule has 0 aromatic heterocycles. The van der Waals surface area contributed by atoms with Crippen LogP contribution >= 0.6 is 0 Å². The molecule has 5 heteroatoms. The molecule has 0 aliphatic carbocycles. The predicted octanol–water partition coefficient (Wildman–Crippen LogP) is 1.64. The SMILES string of the molecule is CCN1CCCC1CNC(N)=NCC(C)N1CCCCC1C. The lowest BCUT2D eigenvalue weighted by atomic mass is 10.0. The van der Waals surface area contributed by atoms with Crippen LogP contribution in [0.1, 0.15) is 52.9 Å². The normalized spacial score (nSPS) is 29.7. The fourth-order valence-electron chi connectivity index (χ4n) is 3.93. The summed E-state index contributed by atoms with van der Waals surface area (Å²) in [6.45, 7) is 12.1. The maximum absolute atomic E-state index is 6.05. The average molecular weight is 310 g/mol. The number of piperidine rings is 1. The molecule has 3 N–H and O–H groups in total. The van der Waals surface area contributed by atoms with Crippen LogP contribution in [0.3, 0.4) is 0 Å². The van der Waals surface area contributed by atoms with E-state index < -0.39 is 0 Å². The number of nitrogens with one attached hydrogen (secondary N) is 1. The first-order valence-electron chi connectivity index (χ1n) is 9.15. The van der Waals surface area contributed by atoms with E-state index in [1.165, 1.54) is 45.2 Å². The fraction of sp³-hybridized carbons (Fsp3) is 0.941. The largest absolute Gasteiger partial charge is 0.370 e. The van der Waals surface area contributed by atoms with Crippen LogP contribution in [0, 0.1) is 0 Å². The highest BCUT2D eigenvalue weighted by molar-refractivity contribution is 5.77. The molecule has 0 amide bonds. The van der Waals surface area contributed by atoms with Crippen molar-refractivity contribution in [2.75, 3.05) is 32.7 Å². The molecule has 2 saturated heterocycles. The third-order valence-electron chi connectivity index (χ3n) is 5.37. The summed E-state index contributed by atoms with van der Waals surface area (Å²) in [5, 5.41) is 3.33. The van der Waals surface area contributed by atoms with Gasteiger partial charge in [-0.25, -0.2) is 0 Å². The zero-order chi connectivity index (χ0) is 15.9. The van der Waals surface area contributed by atoms with E-state index in [-0.39, 0.29) is 0 Å². The number of likely N-dealkylation sites (tertiary alicyclic amines) is 2. The van der Waals surface area contributed by atoms with Crippen molar-refractivity contribution in [1.82, 2.24) is 15.1 Å². The maximum Gasteiger partial charge on any atom is 0.188 e. The first kappa shape index (κ1) is 17.5. The number of nitrogens with two attached hydrogens (primary N) is 1. The number of guanidine groups is 1. The second-order valence-corrected chi connectivity index (χ2v) is 6.96. The summed E-state index contributed by atoms with van der Waals surface area (Å²) in [5.41, 5.74) is 6.05. The highest BCUT2D eigenvalue weighted by atomic mass is 15.2. The van der Waals surface area contributed by atoms with Crippen LogP contribution in [0.15, 0.2) is 4.99 Å². The van der Waals surface area contributed by atoms with Crippen LogP contribution in [-0.4, -0.2) is 66.6 Å². The van der Waals surface area contributed by atoms with E-state index in [0.29, 0.717) is 24.1 Å². The minimum atomic E-state index is 0.481. The van der Waals surface area contributed by atoms with Gasteiger partial charge in [-0.15, -0.1) is 0 Å². The molecule has 0 saturated carbocycles. The molecule has 22 heavy (non-hydrogen) atoms. The van der Waals surface area contributed by atoms with Crippen LogP contribution in [0.5, 0.6) is 0 Å². The second kappa shape index (κ2) is 8.73. The third-order valence-corrected chi connectivity index (χ3v) is 5.37. The van der Waals surface area contributed by atoms with E-state index in [1.54, 1.807) is 0 Å². The Morgan fingerprint density at radius 1 is 1.27 bits per heavy atom. The number of rotatable bonds is 6. The lowest BCUT2D eigenvalue weighted by molar-refractivity contribution is 0.118. The van der Waals surface area contributed by atoms with Crippen molar-refractivity contribution in [2.24, 2.45) is 10.7 Å². The molecular weight excluding hydrogens is 274 g/mol. The van der Waals surface area contributed by atoms with Crippen molar-refractivity contribution in [1.29, 1.82) is 0 Å². The zero-order valence-corrected chi connectivity index (χ0v) is 14.7. The standard InChI is InChI=1S/C17H35N5/c1-4-21-10-7-9-16(21)13-20-17(18)19-12-15(3)22-11-6-5-8-14(22)2/h14-16H,4-13H2,1-3H3,(H3,18,19,20). The molecule has 5 nitrogen and oxygen atoms in total. The molecule has 2 aliphatic heterocycles. The van der Waals surface area contributed by atoms with Gasteiger partial charge in [0.1, 0.15) is 0 Å². The average Bonchev–Trinajstić information content (AvgIpc) is 2.98. The van der Waals surface area contributed by atoms with Crippen LogP contribution in [0.2, 0.25) is 0 Å². The molecule has 0 aromatic carbocycles. The van der Waals surface area contributed by atoms with Crippen molar-refractivity contribution in [3.63, 3.8) is 0 Å². The molecule has 2 rings (SSSR count). The lowest BCUT2D eigenvalue weighted by Gasteiger charge is -2.37. The third kappa shape index (κ3) is 4.85. The Labute approximate surface area is 136 Å². The minimum Gasteiger partial charge on any atom is -0.370 e. The Morgan fingerprint density at radius 3 is 2.82 bits per heavy atom. The van der Waals surface area contributed by atoms with Crippen LogP contribution < -0.4 is 11.1 Å². The van der Waals surface area contributed by atoms with Gasteiger partial charge >= 0.3 is 0 Å². The second-order valence-electron chi connectivity index (χ2n) is 6.96. The van der Waals surface area contributed by atoms with E-state index >= 15 is 0 Å². The van der Waals surface area contributed by atoms with Gasteiger partial charge in [0.15, 0.2) is 5.96 Å². The number of likely N-dealkylation sites (N-methyl/N-ethyl adjacent to an activating group) is 1. The smallest absolute Gasteiger partial charge is 0.188 e. The molecule has 0 spiro atoms. The molecule has 2 heterocycles. The van der Waals surface area contributed by atoms with E-state index in [0.717, 1.165) is 19.6 Å². The summed E-state index contributed by atoms with van der Waals surface area (Å²) in [5.74, 6) is 0.611. The Balaban J connectivity index is 1.72. The summed E-state index contributed by atoms with van der Waals surface area (Å²) in [6.07, 6.45) is 6.58. The van der Waals surface area contributed by atoms with Gasteiger partial charge in [-0.3, -0.25) is 14.8 Å². The van der Waals surface area contributed by atoms with Crippen molar-refractivity contribution >= 4 is 5.96 Å². The van der Waals surface area contributed by atoms with Crippen molar-refractivity contribution in [3.05, 3.63) is 0 Å². The monoisotopic (exact) mass is 309 g/mol.